The van der Waals surface area contributed by atoms with Gasteiger partial charge in [-0.2, -0.15) is 5.26 Å². The van der Waals surface area contributed by atoms with Gasteiger partial charge in [-0.25, -0.2) is 4.98 Å². The molecule has 0 radical (unpaired) electrons. The Labute approximate surface area is 133 Å². The number of aryl methyl sites for hydroxylation is 1. The van der Waals surface area contributed by atoms with Crippen molar-refractivity contribution in [3.8, 4) is 6.07 Å². The summed E-state index contributed by atoms with van der Waals surface area (Å²) < 4.78 is 1.95. The second kappa shape index (κ2) is 4.96. The number of para-hydroxylation sites is 2. The summed E-state index contributed by atoms with van der Waals surface area (Å²) in [6.45, 7) is 2.01. The van der Waals surface area contributed by atoms with Crippen molar-refractivity contribution in [1.82, 2.24) is 9.55 Å². The van der Waals surface area contributed by atoms with E-state index in [1.54, 1.807) is 0 Å². The molecule has 5 nitrogen and oxygen atoms in total. The summed E-state index contributed by atoms with van der Waals surface area (Å²) in [5.74, 6) is -0.600. The van der Waals surface area contributed by atoms with E-state index >= 15 is 0 Å². The zero-order valence-electron chi connectivity index (χ0n) is 12.5. The van der Waals surface area contributed by atoms with Crippen LogP contribution in [0.5, 0.6) is 0 Å². The second-order valence-electron chi connectivity index (χ2n) is 5.75. The van der Waals surface area contributed by atoms with E-state index in [0.717, 1.165) is 22.2 Å². The number of nitrogens with zero attached hydrogens (tertiary/aromatic N) is 3. The lowest BCUT2D eigenvalue weighted by molar-refractivity contribution is -0.119. The van der Waals surface area contributed by atoms with Crippen LogP contribution in [0.1, 0.15) is 17.2 Å². The molecule has 0 saturated heterocycles. The third-order valence-electron chi connectivity index (χ3n) is 4.27. The quantitative estimate of drug-likeness (QED) is 0.751. The van der Waals surface area contributed by atoms with Gasteiger partial charge in [-0.3, -0.25) is 10.1 Å². The number of carbonyl (C=O) groups is 1. The molecule has 0 spiro atoms. The number of nitrogens with one attached hydrogen (secondary N) is 1. The molecule has 0 saturated carbocycles. The molecule has 2 unspecified atom stereocenters. The fourth-order valence-electron chi connectivity index (χ4n) is 3.13. The SMILES string of the molecule is Cc1ccc(C2C(C#N)C(=O)Nc3nc4ccccc4n32)cc1. The minimum Gasteiger partial charge on any atom is -0.300 e. The van der Waals surface area contributed by atoms with Gasteiger partial charge in [-0.1, -0.05) is 42.0 Å². The van der Waals surface area contributed by atoms with Crippen molar-refractivity contribution < 1.29 is 4.79 Å². The predicted molar refractivity (Wildman–Crippen MR) is 86.8 cm³/mol. The van der Waals surface area contributed by atoms with Gasteiger partial charge in [0.05, 0.1) is 23.1 Å². The molecule has 1 amide bonds. The molecular formula is C18H14N4O. The average molecular weight is 302 g/mol. The first kappa shape index (κ1) is 13.5. The highest BCUT2D eigenvalue weighted by molar-refractivity contribution is 5.97. The van der Waals surface area contributed by atoms with Crippen LogP contribution in [0.4, 0.5) is 5.95 Å². The van der Waals surface area contributed by atoms with E-state index in [4.69, 9.17) is 0 Å². The number of benzene rings is 2. The summed E-state index contributed by atoms with van der Waals surface area (Å²) in [7, 11) is 0. The highest BCUT2D eigenvalue weighted by Gasteiger charge is 2.38. The van der Waals surface area contributed by atoms with Gasteiger partial charge in [0.25, 0.3) is 0 Å². The molecule has 1 aliphatic heterocycles. The van der Waals surface area contributed by atoms with Gasteiger partial charge in [0, 0.05) is 0 Å². The van der Waals surface area contributed by atoms with Crippen LogP contribution in [0.2, 0.25) is 0 Å². The third kappa shape index (κ3) is 2.00. The Hall–Kier alpha value is -3.13. The normalized spacial score (nSPS) is 19.9. The Balaban J connectivity index is 2.00. The summed E-state index contributed by atoms with van der Waals surface area (Å²) >= 11 is 0. The molecule has 0 aliphatic carbocycles. The summed E-state index contributed by atoms with van der Waals surface area (Å²) in [4.78, 5) is 16.8. The number of amides is 1. The first-order chi connectivity index (χ1) is 11.2. The molecule has 0 bridgehead atoms. The summed E-state index contributed by atoms with van der Waals surface area (Å²) in [5, 5.41) is 12.3. The third-order valence-corrected chi connectivity index (χ3v) is 4.27. The van der Waals surface area contributed by atoms with E-state index in [1.807, 2.05) is 60.0 Å². The van der Waals surface area contributed by atoms with Crippen molar-refractivity contribution in [3.63, 3.8) is 0 Å². The fraction of sp³-hybridized carbons (Fsp3) is 0.167. The maximum absolute atomic E-state index is 12.3. The van der Waals surface area contributed by atoms with Crippen molar-refractivity contribution in [2.75, 3.05) is 5.32 Å². The lowest BCUT2D eigenvalue weighted by Gasteiger charge is -2.30. The molecule has 2 atom stereocenters. The van der Waals surface area contributed by atoms with E-state index in [2.05, 4.69) is 16.4 Å². The zero-order valence-corrected chi connectivity index (χ0v) is 12.5. The smallest absolute Gasteiger partial charge is 0.246 e. The number of aromatic nitrogens is 2. The molecule has 112 valence electrons. The van der Waals surface area contributed by atoms with E-state index in [0.29, 0.717) is 5.95 Å². The molecule has 1 aliphatic rings. The fourth-order valence-corrected chi connectivity index (χ4v) is 3.13. The molecule has 4 rings (SSSR count). The van der Waals surface area contributed by atoms with Gasteiger partial charge in [-0.15, -0.1) is 0 Å². The van der Waals surface area contributed by atoms with Crippen LogP contribution in [-0.4, -0.2) is 15.5 Å². The monoisotopic (exact) mass is 302 g/mol. The predicted octanol–water partition coefficient (Wildman–Crippen LogP) is 3.03. The first-order valence-electron chi connectivity index (χ1n) is 7.43. The van der Waals surface area contributed by atoms with Crippen LogP contribution in [0.3, 0.4) is 0 Å². The van der Waals surface area contributed by atoms with E-state index in [9.17, 15) is 10.1 Å². The molecule has 5 heteroatoms. The number of carbonyl (C=O) groups excluding carboxylic acids is 1. The van der Waals surface area contributed by atoms with Crippen LogP contribution in [0, 0.1) is 24.2 Å². The number of rotatable bonds is 1. The average Bonchev–Trinajstić information content (AvgIpc) is 2.92. The van der Waals surface area contributed by atoms with Gasteiger partial charge in [0.15, 0.2) is 5.92 Å². The summed E-state index contributed by atoms with van der Waals surface area (Å²) in [6, 6.07) is 17.4. The summed E-state index contributed by atoms with van der Waals surface area (Å²) in [5.41, 5.74) is 3.78. The van der Waals surface area contributed by atoms with Crippen LogP contribution < -0.4 is 5.32 Å². The van der Waals surface area contributed by atoms with E-state index in [-0.39, 0.29) is 11.9 Å². The number of anilines is 1. The van der Waals surface area contributed by atoms with Crippen LogP contribution >= 0.6 is 0 Å². The Bertz CT molecular complexity index is 949. The standard InChI is InChI=1S/C18H14N4O/c1-11-6-8-12(9-7-11)16-13(10-19)17(23)21-18-20-14-4-2-3-5-15(14)22(16)18/h2-9,13,16H,1H3,(H,20,21,23). The Morgan fingerprint density at radius 3 is 2.65 bits per heavy atom. The lowest BCUT2D eigenvalue weighted by Crippen LogP contribution is -2.37. The van der Waals surface area contributed by atoms with Gasteiger partial charge in [-0.05, 0) is 24.6 Å². The number of imidazole rings is 1. The molecule has 0 fully saturated rings. The molecule has 1 N–H and O–H groups in total. The zero-order chi connectivity index (χ0) is 16.0. The van der Waals surface area contributed by atoms with Crippen LogP contribution in [0.25, 0.3) is 11.0 Å². The van der Waals surface area contributed by atoms with Gasteiger partial charge < -0.3 is 4.57 Å². The molecule has 2 heterocycles. The minimum atomic E-state index is -0.789. The molecule has 3 aromatic rings. The summed E-state index contributed by atoms with van der Waals surface area (Å²) in [6.07, 6.45) is 0. The number of hydrogen-bond donors (Lipinski definition) is 1. The minimum absolute atomic E-state index is 0.305. The van der Waals surface area contributed by atoms with Crippen LogP contribution in [-0.2, 0) is 4.79 Å². The topological polar surface area (TPSA) is 70.7 Å². The molecule has 1 aromatic heterocycles. The maximum Gasteiger partial charge on any atom is 0.246 e. The number of hydrogen-bond acceptors (Lipinski definition) is 3. The Morgan fingerprint density at radius 2 is 1.91 bits per heavy atom. The van der Waals surface area contributed by atoms with Gasteiger partial charge >= 0.3 is 0 Å². The Kier molecular flexibility index (Phi) is 2.91. The highest BCUT2D eigenvalue weighted by atomic mass is 16.2. The van der Waals surface area contributed by atoms with Gasteiger partial charge in [0.1, 0.15) is 0 Å². The van der Waals surface area contributed by atoms with Crippen molar-refractivity contribution >= 4 is 22.9 Å². The van der Waals surface area contributed by atoms with Crippen molar-refractivity contribution in [3.05, 3.63) is 59.7 Å². The Morgan fingerprint density at radius 1 is 1.17 bits per heavy atom. The lowest BCUT2D eigenvalue weighted by atomic mass is 9.91. The largest absolute Gasteiger partial charge is 0.300 e. The molecule has 2 aromatic carbocycles. The van der Waals surface area contributed by atoms with Crippen LogP contribution in [0.15, 0.2) is 48.5 Å². The van der Waals surface area contributed by atoms with E-state index < -0.39 is 5.92 Å². The second-order valence-corrected chi connectivity index (χ2v) is 5.75. The molecule has 23 heavy (non-hydrogen) atoms. The van der Waals surface area contributed by atoms with Crippen molar-refractivity contribution in [1.29, 1.82) is 5.26 Å². The van der Waals surface area contributed by atoms with E-state index in [1.165, 1.54) is 0 Å². The highest BCUT2D eigenvalue weighted by Crippen LogP contribution is 2.37. The maximum atomic E-state index is 12.3. The first-order valence-corrected chi connectivity index (χ1v) is 7.43. The van der Waals surface area contributed by atoms with Crippen molar-refractivity contribution in [2.45, 2.75) is 13.0 Å². The molecular weight excluding hydrogens is 288 g/mol. The number of nitriles is 1. The number of fused-ring (bicyclic) bond motifs is 3. The van der Waals surface area contributed by atoms with Gasteiger partial charge in [0.2, 0.25) is 11.9 Å². The van der Waals surface area contributed by atoms with Crippen molar-refractivity contribution in [2.24, 2.45) is 5.92 Å².